The van der Waals surface area contributed by atoms with Crippen molar-refractivity contribution < 1.29 is 9.59 Å². The zero-order valence-corrected chi connectivity index (χ0v) is 17.1. The number of piperidine rings is 1. The molecule has 0 saturated carbocycles. The lowest BCUT2D eigenvalue weighted by Gasteiger charge is -2.33. The van der Waals surface area contributed by atoms with Crippen molar-refractivity contribution in [2.24, 2.45) is 0 Å². The van der Waals surface area contributed by atoms with Crippen LogP contribution in [-0.4, -0.2) is 36.0 Å². The standard InChI is InChI=1S/C21H23Cl2N3O2/c1-14(18-8-7-16(22)13-19(18)23)24-21(28)26-11-9-17(10-12-26)25-20(27)15-5-3-2-4-6-15/h2-8,13-14,17H,9-12H2,1H3,(H,24,28)(H,25,27). The van der Waals surface area contributed by atoms with Crippen LogP contribution in [0.5, 0.6) is 0 Å². The summed E-state index contributed by atoms with van der Waals surface area (Å²) >= 11 is 12.2. The van der Waals surface area contributed by atoms with Crippen LogP contribution in [-0.2, 0) is 0 Å². The van der Waals surface area contributed by atoms with Gasteiger partial charge in [0.15, 0.2) is 0 Å². The average Bonchev–Trinajstić information content (AvgIpc) is 2.69. The van der Waals surface area contributed by atoms with E-state index in [4.69, 9.17) is 23.2 Å². The number of carbonyl (C=O) groups excluding carboxylic acids is 2. The number of carbonyl (C=O) groups is 2. The Morgan fingerprint density at radius 1 is 1.07 bits per heavy atom. The molecule has 3 amide bonds. The molecule has 1 heterocycles. The van der Waals surface area contributed by atoms with E-state index in [1.165, 1.54) is 0 Å². The van der Waals surface area contributed by atoms with Gasteiger partial charge in [-0.2, -0.15) is 0 Å². The predicted molar refractivity (Wildman–Crippen MR) is 112 cm³/mol. The summed E-state index contributed by atoms with van der Waals surface area (Å²) in [7, 11) is 0. The van der Waals surface area contributed by atoms with Gasteiger partial charge in [0.1, 0.15) is 0 Å². The predicted octanol–water partition coefficient (Wildman–Crippen LogP) is 4.66. The van der Waals surface area contributed by atoms with E-state index in [1.807, 2.05) is 31.2 Å². The van der Waals surface area contributed by atoms with Crippen molar-refractivity contribution in [3.8, 4) is 0 Å². The van der Waals surface area contributed by atoms with Crippen LogP contribution in [0.4, 0.5) is 4.79 Å². The SMILES string of the molecule is CC(NC(=O)N1CCC(NC(=O)c2ccccc2)CC1)c1ccc(Cl)cc1Cl. The van der Waals surface area contributed by atoms with Gasteiger partial charge in [0, 0.05) is 34.7 Å². The molecule has 3 rings (SSSR count). The van der Waals surface area contributed by atoms with Gasteiger partial charge in [0.2, 0.25) is 0 Å². The number of hydrogen-bond donors (Lipinski definition) is 2. The quantitative estimate of drug-likeness (QED) is 0.756. The van der Waals surface area contributed by atoms with Crippen LogP contribution in [0.25, 0.3) is 0 Å². The molecule has 0 aromatic heterocycles. The molecule has 7 heteroatoms. The molecular formula is C21H23Cl2N3O2. The Hall–Kier alpha value is -2.24. The molecule has 1 aliphatic rings. The summed E-state index contributed by atoms with van der Waals surface area (Å²) in [6, 6.07) is 14.1. The summed E-state index contributed by atoms with van der Waals surface area (Å²) in [6.07, 6.45) is 1.45. The molecule has 0 radical (unpaired) electrons. The van der Waals surface area contributed by atoms with Crippen LogP contribution in [0.15, 0.2) is 48.5 Å². The zero-order valence-electron chi connectivity index (χ0n) is 15.6. The molecule has 2 aromatic rings. The molecule has 148 valence electrons. The van der Waals surface area contributed by atoms with Gasteiger partial charge in [-0.1, -0.05) is 47.5 Å². The van der Waals surface area contributed by atoms with E-state index in [0.717, 1.165) is 18.4 Å². The summed E-state index contributed by atoms with van der Waals surface area (Å²) in [5.74, 6) is -0.0745. The Morgan fingerprint density at radius 3 is 2.39 bits per heavy atom. The number of likely N-dealkylation sites (tertiary alicyclic amines) is 1. The number of benzene rings is 2. The van der Waals surface area contributed by atoms with Gasteiger partial charge in [-0.3, -0.25) is 4.79 Å². The Bertz CT molecular complexity index is 837. The molecule has 2 N–H and O–H groups in total. The summed E-state index contributed by atoms with van der Waals surface area (Å²) in [5, 5.41) is 7.12. The third-order valence-corrected chi connectivity index (χ3v) is 5.48. The molecule has 0 spiro atoms. The lowest BCUT2D eigenvalue weighted by atomic mass is 10.0. The normalized spacial score (nSPS) is 15.8. The van der Waals surface area contributed by atoms with Gasteiger partial charge in [-0.25, -0.2) is 4.79 Å². The fourth-order valence-electron chi connectivity index (χ4n) is 3.29. The second-order valence-electron chi connectivity index (χ2n) is 6.94. The van der Waals surface area contributed by atoms with E-state index in [1.54, 1.807) is 29.2 Å². The number of halogens is 2. The first-order valence-electron chi connectivity index (χ1n) is 9.30. The molecule has 1 saturated heterocycles. The van der Waals surface area contributed by atoms with Gasteiger partial charge in [0.05, 0.1) is 6.04 Å². The third-order valence-electron chi connectivity index (χ3n) is 4.92. The minimum Gasteiger partial charge on any atom is -0.349 e. The Balaban J connectivity index is 1.49. The molecule has 1 atom stereocenters. The van der Waals surface area contributed by atoms with Gasteiger partial charge >= 0.3 is 6.03 Å². The highest BCUT2D eigenvalue weighted by molar-refractivity contribution is 6.35. The summed E-state index contributed by atoms with van der Waals surface area (Å²) in [6.45, 7) is 3.07. The van der Waals surface area contributed by atoms with Crippen molar-refractivity contribution in [3.63, 3.8) is 0 Å². The van der Waals surface area contributed by atoms with Crippen LogP contribution >= 0.6 is 23.2 Å². The van der Waals surface area contributed by atoms with Gasteiger partial charge in [0.25, 0.3) is 5.91 Å². The summed E-state index contributed by atoms with van der Waals surface area (Å²) in [5.41, 5.74) is 1.47. The molecule has 1 unspecified atom stereocenters. The number of nitrogens with one attached hydrogen (secondary N) is 2. The van der Waals surface area contributed by atoms with E-state index in [9.17, 15) is 9.59 Å². The number of rotatable bonds is 4. The number of urea groups is 1. The molecule has 2 aromatic carbocycles. The maximum Gasteiger partial charge on any atom is 0.317 e. The smallest absolute Gasteiger partial charge is 0.317 e. The highest BCUT2D eigenvalue weighted by Gasteiger charge is 2.25. The molecule has 5 nitrogen and oxygen atoms in total. The maximum absolute atomic E-state index is 12.6. The van der Waals surface area contributed by atoms with Gasteiger partial charge in [-0.05, 0) is 49.6 Å². The number of amides is 3. The maximum atomic E-state index is 12.6. The number of nitrogens with zero attached hydrogens (tertiary/aromatic N) is 1. The minimum atomic E-state index is -0.229. The van der Waals surface area contributed by atoms with Crippen LogP contribution in [0.1, 0.15) is 41.7 Å². The van der Waals surface area contributed by atoms with E-state index < -0.39 is 0 Å². The fraction of sp³-hybridized carbons (Fsp3) is 0.333. The van der Waals surface area contributed by atoms with Crippen molar-refractivity contribution in [2.45, 2.75) is 31.8 Å². The largest absolute Gasteiger partial charge is 0.349 e. The van der Waals surface area contributed by atoms with Crippen molar-refractivity contribution in [1.29, 1.82) is 0 Å². The lowest BCUT2D eigenvalue weighted by Crippen LogP contribution is -2.49. The van der Waals surface area contributed by atoms with Crippen molar-refractivity contribution in [2.75, 3.05) is 13.1 Å². The highest BCUT2D eigenvalue weighted by Crippen LogP contribution is 2.26. The molecule has 0 bridgehead atoms. The summed E-state index contributed by atoms with van der Waals surface area (Å²) < 4.78 is 0. The Morgan fingerprint density at radius 2 is 1.75 bits per heavy atom. The highest BCUT2D eigenvalue weighted by atomic mass is 35.5. The van der Waals surface area contributed by atoms with Crippen molar-refractivity contribution in [3.05, 3.63) is 69.7 Å². The topological polar surface area (TPSA) is 61.4 Å². The monoisotopic (exact) mass is 419 g/mol. The van der Waals surface area contributed by atoms with Crippen LogP contribution in [0.3, 0.4) is 0 Å². The van der Waals surface area contributed by atoms with Crippen molar-refractivity contribution in [1.82, 2.24) is 15.5 Å². The molecule has 1 aliphatic heterocycles. The van der Waals surface area contributed by atoms with Crippen LogP contribution in [0, 0.1) is 0 Å². The van der Waals surface area contributed by atoms with E-state index in [0.29, 0.717) is 28.7 Å². The lowest BCUT2D eigenvalue weighted by molar-refractivity contribution is 0.0917. The van der Waals surface area contributed by atoms with Crippen LogP contribution in [0.2, 0.25) is 10.0 Å². The third kappa shape index (κ3) is 5.18. The average molecular weight is 420 g/mol. The van der Waals surface area contributed by atoms with Crippen LogP contribution < -0.4 is 10.6 Å². The first-order chi connectivity index (χ1) is 13.4. The molecule has 1 fully saturated rings. The molecular weight excluding hydrogens is 397 g/mol. The van der Waals surface area contributed by atoms with Crippen molar-refractivity contribution >= 4 is 35.1 Å². The first-order valence-corrected chi connectivity index (χ1v) is 10.1. The Kier molecular flexibility index (Phi) is 6.81. The van der Waals surface area contributed by atoms with Gasteiger partial charge < -0.3 is 15.5 Å². The zero-order chi connectivity index (χ0) is 20.1. The molecule has 28 heavy (non-hydrogen) atoms. The van der Waals surface area contributed by atoms with E-state index in [2.05, 4.69) is 10.6 Å². The van der Waals surface area contributed by atoms with Gasteiger partial charge in [-0.15, -0.1) is 0 Å². The minimum absolute atomic E-state index is 0.0693. The van der Waals surface area contributed by atoms with E-state index >= 15 is 0 Å². The van der Waals surface area contributed by atoms with E-state index in [-0.39, 0.29) is 24.0 Å². The molecule has 0 aliphatic carbocycles. The number of hydrogen-bond acceptors (Lipinski definition) is 2. The second kappa shape index (κ2) is 9.30. The first kappa shape index (κ1) is 20.5. The second-order valence-corrected chi connectivity index (χ2v) is 7.78. The fourth-order valence-corrected chi connectivity index (χ4v) is 3.86. The Labute approximate surface area is 175 Å². The summed E-state index contributed by atoms with van der Waals surface area (Å²) in [4.78, 5) is 26.6.